The fraction of sp³-hybridized carbons (Fsp3) is 0.556. The van der Waals surface area contributed by atoms with Crippen LogP contribution in [-0.4, -0.2) is 12.1 Å². The van der Waals surface area contributed by atoms with Gasteiger partial charge in [-0.2, -0.15) is 0 Å². The predicted octanol–water partition coefficient (Wildman–Crippen LogP) is 2.04. The first kappa shape index (κ1) is 8.82. The molecular formula is C9H14ClN. The molecule has 0 amide bonds. The quantitative estimate of drug-likeness (QED) is 0.551. The Labute approximate surface area is 74.0 Å². The summed E-state index contributed by atoms with van der Waals surface area (Å²) in [4.78, 5) is 0. The Balaban J connectivity index is 0.000000605. The highest BCUT2D eigenvalue weighted by molar-refractivity contribution is 5.85. The third-order valence-electron chi connectivity index (χ3n) is 2.22. The molecule has 2 atom stereocenters. The SMILES string of the molecule is C1=CC[C@@H]2C=CC[C@H](C1)N2.Cl. The fourth-order valence-electron chi connectivity index (χ4n) is 1.65. The molecule has 0 spiro atoms. The van der Waals surface area contributed by atoms with Gasteiger partial charge < -0.3 is 5.32 Å². The number of halogens is 1. The molecule has 2 aliphatic heterocycles. The Hall–Kier alpha value is -0.270. The first-order valence-corrected chi connectivity index (χ1v) is 4.03. The summed E-state index contributed by atoms with van der Waals surface area (Å²) in [5, 5.41) is 3.57. The summed E-state index contributed by atoms with van der Waals surface area (Å²) in [5.41, 5.74) is 0. The molecule has 2 rings (SSSR count). The summed E-state index contributed by atoms with van der Waals surface area (Å²) in [6, 6.07) is 1.34. The van der Waals surface area contributed by atoms with Gasteiger partial charge in [-0.1, -0.05) is 24.3 Å². The average Bonchev–Trinajstić information content (AvgIpc) is 2.12. The van der Waals surface area contributed by atoms with Crippen LogP contribution in [0.4, 0.5) is 0 Å². The Morgan fingerprint density at radius 3 is 2.64 bits per heavy atom. The second kappa shape index (κ2) is 3.93. The average molecular weight is 172 g/mol. The van der Waals surface area contributed by atoms with E-state index in [0.29, 0.717) is 12.1 Å². The topological polar surface area (TPSA) is 12.0 Å². The van der Waals surface area contributed by atoms with E-state index in [1.165, 1.54) is 19.3 Å². The van der Waals surface area contributed by atoms with Gasteiger partial charge in [0.2, 0.25) is 0 Å². The lowest BCUT2D eigenvalue weighted by Crippen LogP contribution is -2.37. The van der Waals surface area contributed by atoms with Crippen molar-refractivity contribution in [1.29, 1.82) is 0 Å². The van der Waals surface area contributed by atoms with Gasteiger partial charge in [-0.05, 0) is 19.3 Å². The smallest absolute Gasteiger partial charge is 0.0287 e. The van der Waals surface area contributed by atoms with Gasteiger partial charge in [-0.3, -0.25) is 0 Å². The van der Waals surface area contributed by atoms with E-state index in [2.05, 4.69) is 29.6 Å². The molecule has 0 radical (unpaired) electrons. The highest BCUT2D eigenvalue weighted by Gasteiger charge is 2.16. The number of hydrogen-bond acceptors (Lipinski definition) is 1. The number of hydrogen-bond donors (Lipinski definition) is 1. The van der Waals surface area contributed by atoms with Gasteiger partial charge in [-0.25, -0.2) is 0 Å². The molecule has 0 aliphatic carbocycles. The van der Waals surface area contributed by atoms with Gasteiger partial charge in [0.1, 0.15) is 0 Å². The zero-order valence-electron chi connectivity index (χ0n) is 6.49. The van der Waals surface area contributed by atoms with Crippen LogP contribution < -0.4 is 5.32 Å². The van der Waals surface area contributed by atoms with Gasteiger partial charge in [0, 0.05) is 12.1 Å². The molecule has 2 heteroatoms. The molecule has 1 N–H and O–H groups in total. The van der Waals surface area contributed by atoms with Crippen LogP contribution in [0.25, 0.3) is 0 Å². The first-order chi connectivity index (χ1) is 4.95. The summed E-state index contributed by atoms with van der Waals surface area (Å²) < 4.78 is 0. The van der Waals surface area contributed by atoms with Crippen molar-refractivity contribution in [1.82, 2.24) is 5.32 Å². The van der Waals surface area contributed by atoms with Crippen molar-refractivity contribution in [2.75, 3.05) is 0 Å². The van der Waals surface area contributed by atoms with Gasteiger partial charge in [0.05, 0.1) is 0 Å². The normalized spacial score (nSPS) is 34.2. The molecule has 2 heterocycles. The largest absolute Gasteiger partial charge is 0.307 e. The van der Waals surface area contributed by atoms with E-state index in [4.69, 9.17) is 0 Å². The Morgan fingerprint density at radius 2 is 1.73 bits per heavy atom. The van der Waals surface area contributed by atoms with Crippen molar-refractivity contribution in [3.8, 4) is 0 Å². The third-order valence-corrected chi connectivity index (χ3v) is 2.22. The van der Waals surface area contributed by atoms with E-state index >= 15 is 0 Å². The molecule has 0 aromatic carbocycles. The monoisotopic (exact) mass is 171 g/mol. The lowest BCUT2D eigenvalue weighted by molar-refractivity contribution is 0.466. The Morgan fingerprint density at radius 1 is 1.00 bits per heavy atom. The number of rotatable bonds is 0. The lowest BCUT2D eigenvalue weighted by atomic mass is 10.0. The molecule has 62 valence electrons. The van der Waals surface area contributed by atoms with Crippen LogP contribution in [0.3, 0.4) is 0 Å². The van der Waals surface area contributed by atoms with E-state index in [1.807, 2.05) is 0 Å². The molecule has 0 saturated carbocycles. The van der Waals surface area contributed by atoms with E-state index in [1.54, 1.807) is 0 Å². The summed E-state index contributed by atoms with van der Waals surface area (Å²) in [7, 11) is 0. The lowest BCUT2D eigenvalue weighted by Gasteiger charge is -2.23. The second-order valence-electron chi connectivity index (χ2n) is 3.08. The van der Waals surface area contributed by atoms with Crippen molar-refractivity contribution >= 4 is 12.4 Å². The molecule has 2 aliphatic rings. The predicted molar refractivity (Wildman–Crippen MR) is 50.1 cm³/mol. The maximum Gasteiger partial charge on any atom is 0.0287 e. The molecular weight excluding hydrogens is 158 g/mol. The summed E-state index contributed by atoms with van der Waals surface area (Å²) >= 11 is 0. The zero-order chi connectivity index (χ0) is 6.81. The first-order valence-electron chi connectivity index (χ1n) is 4.03. The molecule has 0 fully saturated rings. The minimum Gasteiger partial charge on any atom is -0.307 e. The third kappa shape index (κ3) is 2.08. The van der Waals surface area contributed by atoms with E-state index in [0.717, 1.165) is 0 Å². The van der Waals surface area contributed by atoms with Gasteiger partial charge >= 0.3 is 0 Å². The number of fused-ring (bicyclic) bond motifs is 2. The van der Waals surface area contributed by atoms with Gasteiger partial charge in [-0.15, -0.1) is 12.4 Å². The van der Waals surface area contributed by atoms with Crippen LogP contribution in [0.2, 0.25) is 0 Å². The van der Waals surface area contributed by atoms with Crippen LogP contribution >= 0.6 is 12.4 Å². The standard InChI is InChI=1S/C9H13N.ClH/c1-2-5-9-7-3-6-8(4-1)10-9;/h1-3,6,8-10H,4-5,7H2;1H/t8-,9+;/m1./s1. The van der Waals surface area contributed by atoms with Crippen molar-refractivity contribution in [2.24, 2.45) is 0 Å². The van der Waals surface area contributed by atoms with E-state index < -0.39 is 0 Å². The van der Waals surface area contributed by atoms with Crippen molar-refractivity contribution in [3.05, 3.63) is 24.3 Å². The highest BCUT2D eigenvalue weighted by atomic mass is 35.5. The molecule has 1 nitrogen and oxygen atoms in total. The van der Waals surface area contributed by atoms with E-state index in [9.17, 15) is 0 Å². The van der Waals surface area contributed by atoms with E-state index in [-0.39, 0.29) is 12.4 Å². The van der Waals surface area contributed by atoms with Crippen LogP contribution in [0, 0.1) is 0 Å². The van der Waals surface area contributed by atoms with Gasteiger partial charge in [0.15, 0.2) is 0 Å². The van der Waals surface area contributed by atoms with Crippen molar-refractivity contribution in [3.63, 3.8) is 0 Å². The number of nitrogens with one attached hydrogen (secondary N) is 1. The van der Waals surface area contributed by atoms with Crippen LogP contribution in [0.15, 0.2) is 24.3 Å². The Bertz CT molecular complexity index is 174. The summed E-state index contributed by atoms with van der Waals surface area (Å²) in [6.45, 7) is 0. The molecule has 0 unspecified atom stereocenters. The highest BCUT2D eigenvalue weighted by Crippen LogP contribution is 2.14. The molecule has 11 heavy (non-hydrogen) atoms. The molecule has 0 saturated heterocycles. The van der Waals surface area contributed by atoms with Crippen molar-refractivity contribution in [2.45, 2.75) is 31.3 Å². The van der Waals surface area contributed by atoms with Crippen molar-refractivity contribution < 1.29 is 0 Å². The maximum atomic E-state index is 3.57. The minimum absolute atomic E-state index is 0. The van der Waals surface area contributed by atoms with Crippen LogP contribution in [-0.2, 0) is 0 Å². The maximum absolute atomic E-state index is 3.57. The van der Waals surface area contributed by atoms with Crippen LogP contribution in [0.1, 0.15) is 19.3 Å². The second-order valence-corrected chi connectivity index (χ2v) is 3.08. The summed E-state index contributed by atoms with van der Waals surface area (Å²) in [6.07, 6.45) is 12.8. The summed E-state index contributed by atoms with van der Waals surface area (Å²) in [5.74, 6) is 0. The van der Waals surface area contributed by atoms with Crippen LogP contribution in [0.5, 0.6) is 0 Å². The fourth-order valence-corrected chi connectivity index (χ4v) is 1.65. The molecule has 0 aromatic heterocycles. The van der Waals surface area contributed by atoms with Gasteiger partial charge in [0.25, 0.3) is 0 Å². The Kier molecular flexibility index (Phi) is 3.16. The zero-order valence-corrected chi connectivity index (χ0v) is 7.31. The minimum atomic E-state index is 0. The molecule has 0 aromatic rings. The molecule has 2 bridgehead atoms.